The van der Waals surface area contributed by atoms with Crippen molar-refractivity contribution in [2.45, 2.75) is 44.8 Å². The van der Waals surface area contributed by atoms with Gasteiger partial charge in [0.15, 0.2) is 5.79 Å². The van der Waals surface area contributed by atoms with Gasteiger partial charge in [0.25, 0.3) is 0 Å². The van der Waals surface area contributed by atoms with Crippen LogP contribution in [0.4, 0.5) is 0 Å². The number of ether oxygens (including phenoxy) is 2. The summed E-state index contributed by atoms with van der Waals surface area (Å²) in [5, 5.41) is 0. The molecule has 0 aromatic heterocycles. The Balaban J connectivity index is 1.65. The second kappa shape index (κ2) is 7.07. The summed E-state index contributed by atoms with van der Waals surface area (Å²) in [6.45, 7) is 4.57. The number of hydrogen-bond donors (Lipinski definition) is 0. The molecule has 120 valence electrons. The van der Waals surface area contributed by atoms with Crippen LogP contribution in [0.25, 0.3) is 0 Å². The Morgan fingerprint density at radius 2 is 1.52 bits per heavy atom. The van der Waals surface area contributed by atoms with Crippen LogP contribution in [0.3, 0.4) is 0 Å². The largest absolute Gasteiger partial charge is 0.344 e. The highest BCUT2D eigenvalue weighted by atomic mass is 16.7. The maximum absolute atomic E-state index is 6.05. The van der Waals surface area contributed by atoms with E-state index in [4.69, 9.17) is 9.47 Å². The topological polar surface area (TPSA) is 30.8 Å². The average molecular weight is 309 g/mol. The van der Waals surface area contributed by atoms with Gasteiger partial charge in [-0.3, -0.25) is 4.99 Å². The van der Waals surface area contributed by atoms with Gasteiger partial charge >= 0.3 is 0 Å². The quantitative estimate of drug-likeness (QED) is 0.781. The van der Waals surface area contributed by atoms with Gasteiger partial charge in [0.05, 0.1) is 12.6 Å². The maximum Gasteiger partial charge on any atom is 0.164 e. The smallest absolute Gasteiger partial charge is 0.164 e. The fourth-order valence-electron chi connectivity index (χ4n) is 2.84. The van der Waals surface area contributed by atoms with Crippen LogP contribution in [0.2, 0.25) is 0 Å². The molecule has 1 fully saturated rings. The van der Waals surface area contributed by atoms with Crippen LogP contribution >= 0.6 is 0 Å². The van der Waals surface area contributed by atoms with Crippen molar-refractivity contribution in [1.82, 2.24) is 0 Å². The molecule has 23 heavy (non-hydrogen) atoms. The van der Waals surface area contributed by atoms with E-state index in [1.165, 1.54) is 11.1 Å². The Kier molecular flexibility index (Phi) is 4.89. The van der Waals surface area contributed by atoms with Crippen molar-refractivity contribution in [1.29, 1.82) is 0 Å². The molecule has 0 saturated carbocycles. The van der Waals surface area contributed by atoms with Crippen LogP contribution in [0.1, 0.15) is 25.0 Å². The zero-order chi connectivity index (χ0) is 16.1. The lowest BCUT2D eigenvalue weighted by Crippen LogP contribution is -2.26. The van der Waals surface area contributed by atoms with Crippen LogP contribution in [0, 0.1) is 0 Å². The summed E-state index contributed by atoms with van der Waals surface area (Å²) in [5.41, 5.74) is 2.45. The number of hydrogen-bond acceptors (Lipinski definition) is 3. The monoisotopic (exact) mass is 309 g/mol. The third kappa shape index (κ3) is 4.50. The normalized spacial score (nSPS) is 23.4. The molecule has 0 aliphatic carbocycles. The first-order valence-corrected chi connectivity index (χ1v) is 8.06. The molecule has 1 aliphatic rings. The van der Waals surface area contributed by atoms with Crippen LogP contribution < -0.4 is 0 Å². The summed E-state index contributed by atoms with van der Waals surface area (Å²) in [6, 6.07) is 20.6. The third-order valence-corrected chi connectivity index (χ3v) is 3.87. The van der Waals surface area contributed by atoms with E-state index in [0.29, 0.717) is 6.54 Å². The molecule has 0 radical (unpaired) electrons. The van der Waals surface area contributed by atoms with E-state index in [0.717, 1.165) is 6.42 Å². The zero-order valence-corrected chi connectivity index (χ0v) is 13.7. The summed E-state index contributed by atoms with van der Waals surface area (Å²) in [6.07, 6.45) is 2.60. The Morgan fingerprint density at radius 3 is 2.17 bits per heavy atom. The van der Waals surface area contributed by atoms with Crippen LogP contribution in [0.15, 0.2) is 65.7 Å². The Labute approximate surface area is 138 Å². The van der Waals surface area contributed by atoms with E-state index in [9.17, 15) is 0 Å². The zero-order valence-electron chi connectivity index (χ0n) is 13.7. The summed E-state index contributed by atoms with van der Waals surface area (Å²) >= 11 is 0. The molecule has 0 amide bonds. The summed E-state index contributed by atoms with van der Waals surface area (Å²) in [4.78, 5) is 4.55. The van der Waals surface area contributed by atoms with E-state index in [-0.39, 0.29) is 12.2 Å². The van der Waals surface area contributed by atoms with Gasteiger partial charge < -0.3 is 9.47 Å². The first-order valence-electron chi connectivity index (χ1n) is 8.06. The molecule has 3 nitrogen and oxygen atoms in total. The van der Waals surface area contributed by atoms with E-state index in [2.05, 4.69) is 41.4 Å². The number of nitrogens with zero attached hydrogens (tertiary/aromatic N) is 1. The Hall–Kier alpha value is -1.97. The molecule has 3 rings (SSSR count). The van der Waals surface area contributed by atoms with Crippen molar-refractivity contribution in [3.63, 3.8) is 0 Å². The Morgan fingerprint density at radius 1 is 0.913 bits per heavy atom. The summed E-state index contributed by atoms with van der Waals surface area (Å²) in [7, 11) is 0. The molecule has 0 N–H and O–H groups in total. The number of benzene rings is 2. The van der Waals surface area contributed by atoms with Gasteiger partial charge in [-0.2, -0.15) is 0 Å². The minimum absolute atomic E-state index is 0.00748. The Bertz CT molecular complexity index is 637. The molecule has 2 aromatic carbocycles. The van der Waals surface area contributed by atoms with E-state index in [1.807, 2.05) is 44.3 Å². The molecule has 1 heterocycles. The van der Waals surface area contributed by atoms with Gasteiger partial charge in [0, 0.05) is 12.6 Å². The molecule has 3 heteroatoms. The molecule has 1 aliphatic heterocycles. The average Bonchev–Trinajstić information content (AvgIpc) is 2.83. The summed E-state index contributed by atoms with van der Waals surface area (Å²) in [5.74, 6) is -0.567. The van der Waals surface area contributed by atoms with Gasteiger partial charge in [0.1, 0.15) is 6.10 Å². The van der Waals surface area contributed by atoms with Gasteiger partial charge in [-0.25, -0.2) is 0 Å². The van der Waals surface area contributed by atoms with Crippen molar-refractivity contribution in [2.24, 2.45) is 4.99 Å². The molecular weight excluding hydrogens is 286 g/mol. The second-order valence-electron chi connectivity index (χ2n) is 6.30. The molecule has 2 aromatic rings. The van der Waals surface area contributed by atoms with Crippen LogP contribution in [-0.4, -0.2) is 24.2 Å². The first kappa shape index (κ1) is 15.9. The molecule has 0 bridgehead atoms. The number of rotatable bonds is 5. The maximum atomic E-state index is 6.05. The van der Waals surface area contributed by atoms with Gasteiger partial charge in [0.2, 0.25) is 0 Å². The van der Waals surface area contributed by atoms with Crippen LogP contribution in [-0.2, 0) is 22.4 Å². The highest BCUT2D eigenvalue weighted by molar-refractivity contribution is 5.64. The number of aliphatic imine (C=N–C) groups is 1. The lowest BCUT2D eigenvalue weighted by atomic mass is 10.0. The van der Waals surface area contributed by atoms with Crippen molar-refractivity contribution < 1.29 is 9.47 Å². The highest BCUT2D eigenvalue weighted by Crippen LogP contribution is 2.29. The van der Waals surface area contributed by atoms with Crippen molar-refractivity contribution in [2.75, 3.05) is 0 Å². The standard InChI is InChI=1S/C20H23NO2/c1-20(2)22-18(13-16-9-5-3-6-10-16)19(23-20)15-21-14-17-11-7-4-8-12-17/h3-12,15,18-19H,13-14H2,1-2H3/t18-,19-/m0/s1. The molecule has 0 spiro atoms. The second-order valence-corrected chi connectivity index (χ2v) is 6.30. The highest BCUT2D eigenvalue weighted by Gasteiger charge is 2.40. The predicted molar refractivity (Wildman–Crippen MR) is 92.6 cm³/mol. The first-order chi connectivity index (χ1) is 11.1. The van der Waals surface area contributed by atoms with Gasteiger partial charge in [-0.1, -0.05) is 60.7 Å². The lowest BCUT2D eigenvalue weighted by molar-refractivity contribution is -0.141. The van der Waals surface area contributed by atoms with Gasteiger partial charge in [-0.15, -0.1) is 0 Å². The minimum Gasteiger partial charge on any atom is -0.344 e. The molecule has 2 atom stereocenters. The predicted octanol–water partition coefficient (Wildman–Crippen LogP) is 4.02. The SMILES string of the molecule is CC1(C)O[C@@H](C=NCc2ccccc2)[C@H](Cc2ccccc2)O1. The van der Waals surface area contributed by atoms with E-state index < -0.39 is 5.79 Å². The van der Waals surface area contributed by atoms with Gasteiger partial charge in [-0.05, 0) is 25.0 Å². The third-order valence-electron chi connectivity index (χ3n) is 3.87. The van der Waals surface area contributed by atoms with Crippen LogP contribution in [0.5, 0.6) is 0 Å². The molecular formula is C20H23NO2. The van der Waals surface area contributed by atoms with Crippen molar-refractivity contribution >= 4 is 6.21 Å². The van der Waals surface area contributed by atoms with Crippen molar-refractivity contribution in [3.05, 3.63) is 71.8 Å². The minimum atomic E-state index is -0.567. The van der Waals surface area contributed by atoms with E-state index in [1.54, 1.807) is 0 Å². The lowest BCUT2D eigenvalue weighted by Gasteiger charge is -2.16. The fourth-order valence-corrected chi connectivity index (χ4v) is 2.84. The van der Waals surface area contributed by atoms with E-state index >= 15 is 0 Å². The fraction of sp³-hybridized carbons (Fsp3) is 0.350. The summed E-state index contributed by atoms with van der Waals surface area (Å²) < 4.78 is 12.1. The molecule has 1 saturated heterocycles. The molecule has 0 unspecified atom stereocenters. The van der Waals surface area contributed by atoms with Crippen molar-refractivity contribution in [3.8, 4) is 0 Å².